The number of anilines is 1. The van der Waals surface area contributed by atoms with E-state index in [0.29, 0.717) is 17.9 Å². The molecular weight excluding hydrogens is 412 g/mol. The molecule has 0 fully saturated rings. The third kappa shape index (κ3) is 5.23. The van der Waals surface area contributed by atoms with E-state index in [-0.39, 0.29) is 11.6 Å². The van der Waals surface area contributed by atoms with Crippen molar-refractivity contribution in [1.82, 2.24) is 9.97 Å². The van der Waals surface area contributed by atoms with E-state index in [9.17, 15) is 14.9 Å². The van der Waals surface area contributed by atoms with Crippen molar-refractivity contribution in [2.45, 2.75) is 11.3 Å². The van der Waals surface area contributed by atoms with Crippen LogP contribution in [0.2, 0.25) is 0 Å². The second kappa shape index (κ2) is 9.36. The minimum Gasteiger partial charge on any atom is -0.326 e. The summed E-state index contributed by atoms with van der Waals surface area (Å²) in [7, 11) is 0. The zero-order valence-corrected chi connectivity index (χ0v) is 17.2. The van der Waals surface area contributed by atoms with Gasteiger partial charge in [0.1, 0.15) is 0 Å². The predicted molar refractivity (Wildman–Crippen MR) is 122 cm³/mol. The molecule has 4 aromatic rings. The molecule has 154 valence electrons. The van der Waals surface area contributed by atoms with Gasteiger partial charge < -0.3 is 5.32 Å². The van der Waals surface area contributed by atoms with E-state index in [4.69, 9.17) is 0 Å². The maximum Gasteiger partial charge on any atom is 0.269 e. The van der Waals surface area contributed by atoms with Crippen LogP contribution in [0.25, 0.3) is 22.3 Å². The molecule has 0 spiro atoms. The van der Waals surface area contributed by atoms with Gasteiger partial charge in [0.25, 0.3) is 5.69 Å². The summed E-state index contributed by atoms with van der Waals surface area (Å²) >= 11 is 1.48. The molecule has 0 saturated heterocycles. The fourth-order valence-electron chi connectivity index (χ4n) is 3.00. The Hall–Kier alpha value is -3.78. The first-order valence-corrected chi connectivity index (χ1v) is 10.6. The van der Waals surface area contributed by atoms with Crippen molar-refractivity contribution in [3.8, 4) is 11.3 Å². The quantitative estimate of drug-likeness (QED) is 0.242. The van der Waals surface area contributed by atoms with Gasteiger partial charge in [-0.05, 0) is 36.4 Å². The molecule has 0 bridgehead atoms. The minimum atomic E-state index is -0.431. The number of amides is 1. The van der Waals surface area contributed by atoms with Gasteiger partial charge in [0, 0.05) is 40.5 Å². The predicted octanol–water partition coefficient (Wildman–Crippen LogP) is 5.33. The molecule has 0 aliphatic rings. The molecule has 3 aromatic carbocycles. The topological polar surface area (TPSA) is 98.0 Å². The number of nitro benzene ring substituents is 1. The number of carbonyl (C=O) groups is 1. The second-order valence-corrected chi connectivity index (χ2v) is 7.89. The Morgan fingerprint density at radius 3 is 2.55 bits per heavy atom. The van der Waals surface area contributed by atoms with Crippen LogP contribution in [0.3, 0.4) is 0 Å². The van der Waals surface area contributed by atoms with Crippen LogP contribution in [0, 0.1) is 10.1 Å². The summed E-state index contributed by atoms with van der Waals surface area (Å²) in [5.41, 5.74) is 4.01. The van der Waals surface area contributed by atoms with E-state index < -0.39 is 4.92 Å². The minimum absolute atomic E-state index is 0.0538. The number of benzene rings is 3. The van der Waals surface area contributed by atoms with Crippen molar-refractivity contribution in [3.63, 3.8) is 0 Å². The lowest BCUT2D eigenvalue weighted by Crippen LogP contribution is -2.12. The summed E-state index contributed by atoms with van der Waals surface area (Å²) in [4.78, 5) is 32.6. The highest BCUT2D eigenvalue weighted by molar-refractivity contribution is 7.99. The second-order valence-electron chi connectivity index (χ2n) is 6.72. The SMILES string of the molecule is O=C(CCSc1ccc([N+](=O)[O-])cc1)Nc1cccc(-c2cnc3ccccc3n2)c1. The van der Waals surface area contributed by atoms with Crippen LogP contribution in [0.4, 0.5) is 11.4 Å². The van der Waals surface area contributed by atoms with Gasteiger partial charge in [0.2, 0.25) is 5.91 Å². The third-order valence-corrected chi connectivity index (χ3v) is 5.55. The highest BCUT2D eigenvalue weighted by Gasteiger charge is 2.08. The Balaban J connectivity index is 1.35. The Bertz CT molecular complexity index is 1250. The molecule has 0 saturated carbocycles. The summed E-state index contributed by atoms with van der Waals surface area (Å²) in [6, 6.07) is 21.5. The molecule has 7 nitrogen and oxygen atoms in total. The summed E-state index contributed by atoms with van der Waals surface area (Å²) in [5, 5.41) is 13.6. The van der Waals surface area contributed by atoms with Crippen LogP contribution in [-0.2, 0) is 4.79 Å². The Morgan fingerprint density at radius 1 is 1.00 bits per heavy atom. The van der Waals surface area contributed by atoms with Crippen LogP contribution in [-0.4, -0.2) is 26.6 Å². The van der Waals surface area contributed by atoms with Crippen LogP contribution >= 0.6 is 11.8 Å². The van der Waals surface area contributed by atoms with Crippen molar-refractivity contribution in [3.05, 3.63) is 89.1 Å². The molecule has 8 heteroatoms. The molecule has 1 heterocycles. The zero-order valence-electron chi connectivity index (χ0n) is 16.4. The smallest absolute Gasteiger partial charge is 0.269 e. The molecule has 1 aromatic heterocycles. The van der Waals surface area contributed by atoms with Crippen molar-refractivity contribution in [2.75, 3.05) is 11.1 Å². The number of fused-ring (bicyclic) bond motifs is 1. The summed E-state index contributed by atoms with van der Waals surface area (Å²) in [5.74, 6) is 0.468. The van der Waals surface area contributed by atoms with Gasteiger partial charge in [-0.1, -0.05) is 24.3 Å². The fourth-order valence-corrected chi connectivity index (χ4v) is 3.85. The van der Waals surface area contributed by atoms with E-state index >= 15 is 0 Å². The average Bonchev–Trinajstić information content (AvgIpc) is 2.79. The highest BCUT2D eigenvalue weighted by atomic mass is 32.2. The number of nitrogens with zero attached hydrogens (tertiary/aromatic N) is 3. The third-order valence-electron chi connectivity index (χ3n) is 4.54. The average molecular weight is 430 g/mol. The van der Waals surface area contributed by atoms with Crippen molar-refractivity contribution < 1.29 is 9.72 Å². The van der Waals surface area contributed by atoms with Gasteiger partial charge in [-0.15, -0.1) is 11.8 Å². The van der Waals surface area contributed by atoms with E-state index in [1.165, 1.54) is 23.9 Å². The molecule has 0 aliphatic heterocycles. The number of hydrogen-bond acceptors (Lipinski definition) is 6. The molecule has 0 radical (unpaired) electrons. The number of nitrogens with one attached hydrogen (secondary N) is 1. The first-order valence-electron chi connectivity index (χ1n) is 9.58. The maximum absolute atomic E-state index is 12.3. The van der Waals surface area contributed by atoms with Gasteiger partial charge in [-0.2, -0.15) is 0 Å². The number of para-hydroxylation sites is 2. The number of thioether (sulfide) groups is 1. The molecule has 31 heavy (non-hydrogen) atoms. The number of non-ortho nitro benzene ring substituents is 1. The summed E-state index contributed by atoms with van der Waals surface area (Å²) in [6.07, 6.45) is 2.05. The highest BCUT2D eigenvalue weighted by Crippen LogP contribution is 2.24. The van der Waals surface area contributed by atoms with Crippen LogP contribution < -0.4 is 5.32 Å². The van der Waals surface area contributed by atoms with Crippen molar-refractivity contribution >= 4 is 40.1 Å². The normalized spacial score (nSPS) is 10.7. The Labute approximate surface area is 182 Å². The molecule has 4 rings (SSSR count). The van der Waals surface area contributed by atoms with E-state index in [1.807, 2.05) is 48.5 Å². The van der Waals surface area contributed by atoms with Gasteiger partial charge in [0.15, 0.2) is 0 Å². The fraction of sp³-hybridized carbons (Fsp3) is 0.0870. The first-order chi connectivity index (χ1) is 15.1. The molecule has 1 amide bonds. The van der Waals surface area contributed by atoms with E-state index in [0.717, 1.165) is 27.2 Å². The number of rotatable bonds is 7. The first kappa shape index (κ1) is 20.5. The Kier molecular flexibility index (Phi) is 6.18. The van der Waals surface area contributed by atoms with Crippen molar-refractivity contribution in [1.29, 1.82) is 0 Å². The number of aromatic nitrogens is 2. The van der Waals surface area contributed by atoms with Gasteiger partial charge in [-0.25, -0.2) is 4.98 Å². The lowest BCUT2D eigenvalue weighted by Gasteiger charge is -2.08. The molecular formula is C23H18N4O3S. The number of nitro groups is 1. The number of hydrogen-bond donors (Lipinski definition) is 1. The van der Waals surface area contributed by atoms with Crippen LogP contribution in [0.15, 0.2) is 83.9 Å². The van der Waals surface area contributed by atoms with Gasteiger partial charge >= 0.3 is 0 Å². The Morgan fingerprint density at radius 2 is 1.77 bits per heavy atom. The maximum atomic E-state index is 12.3. The van der Waals surface area contributed by atoms with Gasteiger partial charge in [-0.3, -0.25) is 19.9 Å². The molecule has 0 aliphatic carbocycles. The number of carbonyl (C=O) groups excluding carboxylic acids is 1. The monoisotopic (exact) mass is 430 g/mol. The van der Waals surface area contributed by atoms with Crippen LogP contribution in [0.5, 0.6) is 0 Å². The van der Waals surface area contributed by atoms with Gasteiger partial charge in [0.05, 0.1) is 27.8 Å². The summed E-state index contributed by atoms with van der Waals surface area (Å²) < 4.78 is 0. The largest absolute Gasteiger partial charge is 0.326 e. The summed E-state index contributed by atoms with van der Waals surface area (Å²) in [6.45, 7) is 0. The van der Waals surface area contributed by atoms with E-state index in [2.05, 4.69) is 15.3 Å². The lowest BCUT2D eigenvalue weighted by molar-refractivity contribution is -0.384. The lowest BCUT2D eigenvalue weighted by atomic mass is 10.1. The molecule has 0 atom stereocenters. The van der Waals surface area contributed by atoms with Crippen molar-refractivity contribution in [2.24, 2.45) is 0 Å². The van der Waals surface area contributed by atoms with Crippen LogP contribution in [0.1, 0.15) is 6.42 Å². The molecule has 1 N–H and O–H groups in total. The van der Waals surface area contributed by atoms with E-state index in [1.54, 1.807) is 18.3 Å². The molecule has 0 unspecified atom stereocenters. The standard InChI is InChI=1S/C23H18N4O3S/c28-23(12-13-31-19-10-8-18(9-11-19)27(29)30)25-17-5-3-4-16(14-17)22-15-24-20-6-1-2-7-21(20)26-22/h1-11,14-15H,12-13H2,(H,25,28). The zero-order chi connectivity index (χ0) is 21.6.